The largest absolute Gasteiger partial charge is 0.496 e. The first-order valence-electron chi connectivity index (χ1n) is 9.00. The Morgan fingerprint density at radius 2 is 1.19 bits per heavy atom. The Morgan fingerprint density at radius 1 is 0.704 bits per heavy atom. The van der Waals surface area contributed by atoms with Gasteiger partial charge in [0.1, 0.15) is 19.8 Å². The lowest BCUT2D eigenvalue weighted by atomic mass is 10.0. The van der Waals surface area contributed by atoms with Crippen LogP contribution in [-0.2, 0) is 14.1 Å². The zero-order chi connectivity index (χ0) is 19.2. The minimum absolute atomic E-state index is 0.873. The fourth-order valence-electron chi connectivity index (χ4n) is 2.83. The molecule has 0 amide bonds. The Hall–Kier alpha value is -3.20. The van der Waals surface area contributed by atoms with Crippen LogP contribution in [0.1, 0.15) is 27.8 Å². The third-order valence-corrected chi connectivity index (χ3v) is 4.54. The fraction of sp³-hybridized carbons (Fsp3) is 0.167. The molecule has 0 unspecified atom stereocenters. The van der Waals surface area contributed by atoms with Crippen LogP contribution in [0.3, 0.4) is 0 Å². The zero-order valence-corrected chi connectivity index (χ0v) is 16.4. The summed E-state index contributed by atoms with van der Waals surface area (Å²) in [5, 5.41) is 0. The average molecular weight is 358 g/mol. The zero-order valence-electron chi connectivity index (χ0n) is 16.4. The molecule has 0 saturated carbocycles. The van der Waals surface area contributed by atoms with Gasteiger partial charge in [-0.25, -0.2) is 9.13 Å². The molecule has 0 radical (unpaired) electrons. The summed E-state index contributed by atoms with van der Waals surface area (Å²) in [4.78, 5) is 0. The third-order valence-electron chi connectivity index (χ3n) is 4.54. The van der Waals surface area contributed by atoms with Crippen LogP contribution in [0, 0.1) is 6.92 Å². The fourth-order valence-corrected chi connectivity index (χ4v) is 2.83. The topological polar surface area (TPSA) is 17.0 Å². The van der Waals surface area contributed by atoms with Crippen molar-refractivity contribution in [2.45, 2.75) is 6.92 Å². The Kier molecular flexibility index (Phi) is 5.82. The van der Waals surface area contributed by atoms with Crippen LogP contribution in [0.4, 0.5) is 0 Å². The maximum Gasteiger partial charge on any atom is 0.169 e. The standard InChI is InChI=1S/C24H26N2O/c1-19-17-23(8-6-21-11-15-26(3)16-12-21)24(27-4)18-22(19)7-5-20-9-13-25(2)14-10-20/h5-18H,1-4H3/q+2/b7-5+,8-6+. The first-order chi connectivity index (χ1) is 13.0. The smallest absolute Gasteiger partial charge is 0.169 e. The summed E-state index contributed by atoms with van der Waals surface area (Å²) in [7, 11) is 5.75. The van der Waals surface area contributed by atoms with E-state index in [0.717, 1.165) is 22.4 Å². The molecule has 2 heterocycles. The molecular weight excluding hydrogens is 332 g/mol. The first kappa shape index (κ1) is 18.6. The number of aryl methyl sites for hydroxylation is 3. The number of hydrogen-bond acceptors (Lipinski definition) is 1. The van der Waals surface area contributed by atoms with E-state index in [2.05, 4.69) is 67.6 Å². The quantitative estimate of drug-likeness (QED) is 0.630. The summed E-state index contributed by atoms with van der Waals surface area (Å²) in [6.07, 6.45) is 16.6. The Balaban J connectivity index is 1.86. The Labute approximate surface area is 161 Å². The lowest BCUT2D eigenvalue weighted by molar-refractivity contribution is -0.671. The third kappa shape index (κ3) is 4.91. The number of rotatable bonds is 5. The van der Waals surface area contributed by atoms with E-state index in [4.69, 9.17) is 4.74 Å². The van der Waals surface area contributed by atoms with Gasteiger partial charge in [0.15, 0.2) is 24.8 Å². The number of ether oxygens (including phenoxy) is 1. The molecule has 0 bridgehead atoms. The predicted octanol–water partition coefficient (Wildman–Crippen LogP) is 3.99. The minimum Gasteiger partial charge on any atom is -0.496 e. The van der Waals surface area contributed by atoms with Gasteiger partial charge in [-0.1, -0.05) is 24.3 Å². The average Bonchev–Trinajstić information content (AvgIpc) is 2.68. The molecule has 0 fully saturated rings. The highest BCUT2D eigenvalue weighted by Crippen LogP contribution is 2.26. The van der Waals surface area contributed by atoms with Crippen molar-refractivity contribution in [3.63, 3.8) is 0 Å². The van der Waals surface area contributed by atoms with Crippen LogP contribution in [-0.4, -0.2) is 7.11 Å². The summed E-state index contributed by atoms with van der Waals surface area (Å²) < 4.78 is 9.67. The highest BCUT2D eigenvalue weighted by molar-refractivity contribution is 5.77. The number of nitrogens with zero attached hydrogens (tertiary/aromatic N) is 2. The Bertz CT molecular complexity index is 969. The van der Waals surface area contributed by atoms with Crippen molar-refractivity contribution in [3.05, 3.63) is 89.0 Å². The second-order valence-electron chi connectivity index (χ2n) is 6.71. The number of benzene rings is 1. The van der Waals surface area contributed by atoms with Gasteiger partial charge >= 0.3 is 0 Å². The van der Waals surface area contributed by atoms with Gasteiger partial charge in [-0.2, -0.15) is 0 Å². The number of aromatic nitrogens is 2. The molecule has 0 atom stereocenters. The van der Waals surface area contributed by atoms with E-state index in [1.54, 1.807) is 7.11 Å². The second-order valence-corrected chi connectivity index (χ2v) is 6.71. The van der Waals surface area contributed by atoms with Crippen molar-refractivity contribution < 1.29 is 13.9 Å². The molecule has 3 aromatic rings. The highest BCUT2D eigenvalue weighted by Gasteiger charge is 2.05. The molecule has 0 aliphatic heterocycles. The lowest BCUT2D eigenvalue weighted by Gasteiger charge is -2.09. The minimum atomic E-state index is 0.873. The van der Waals surface area contributed by atoms with Crippen molar-refractivity contribution in [3.8, 4) is 5.75 Å². The van der Waals surface area contributed by atoms with Crippen molar-refractivity contribution in [2.24, 2.45) is 14.1 Å². The molecule has 3 rings (SSSR count). The Morgan fingerprint density at radius 3 is 1.67 bits per heavy atom. The van der Waals surface area contributed by atoms with E-state index in [-0.39, 0.29) is 0 Å². The molecule has 0 N–H and O–H groups in total. The molecule has 3 heteroatoms. The normalized spacial score (nSPS) is 11.4. The summed E-state index contributed by atoms with van der Waals surface area (Å²) >= 11 is 0. The van der Waals surface area contributed by atoms with Crippen LogP contribution in [0.2, 0.25) is 0 Å². The van der Waals surface area contributed by atoms with E-state index < -0.39 is 0 Å². The van der Waals surface area contributed by atoms with E-state index in [1.807, 2.05) is 48.0 Å². The van der Waals surface area contributed by atoms with Crippen LogP contribution in [0.15, 0.2) is 61.2 Å². The van der Waals surface area contributed by atoms with Gasteiger partial charge in [0.2, 0.25) is 0 Å². The van der Waals surface area contributed by atoms with Crippen molar-refractivity contribution >= 4 is 24.3 Å². The van der Waals surface area contributed by atoms with Gasteiger partial charge < -0.3 is 4.74 Å². The molecule has 3 nitrogen and oxygen atoms in total. The van der Waals surface area contributed by atoms with Crippen LogP contribution in [0.5, 0.6) is 5.75 Å². The summed E-state index contributed by atoms with van der Waals surface area (Å²) in [5.41, 5.74) is 5.78. The maximum atomic E-state index is 5.62. The molecule has 0 saturated heterocycles. The first-order valence-corrected chi connectivity index (χ1v) is 9.00. The molecule has 136 valence electrons. The molecular formula is C24H26N2O+2. The van der Waals surface area contributed by atoms with E-state index in [1.165, 1.54) is 11.1 Å². The van der Waals surface area contributed by atoms with Gasteiger partial charge in [-0.3, -0.25) is 0 Å². The van der Waals surface area contributed by atoms with E-state index in [0.29, 0.717) is 0 Å². The van der Waals surface area contributed by atoms with Gasteiger partial charge in [0, 0.05) is 29.8 Å². The van der Waals surface area contributed by atoms with Crippen LogP contribution < -0.4 is 13.9 Å². The molecule has 0 spiro atoms. The van der Waals surface area contributed by atoms with Gasteiger partial charge in [0.25, 0.3) is 0 Å². The maximum absolute atomic E-state index is 5.62. The molecule has 1 aromatic carbocycles. The SMILES string of the molecule is COc1cc(/C=C/c2cc[n+](C)cc2)c(C)cc1/C=C/c1cc[n+](C)cc1. The lowest BCUT2D eigenvalue weighted by Crippen LogP contribution is -2.25. The number of methoxy groups -OCH3 is 1. The summed E-state index contributed by atoms with van der Waals surface area (Å²) in [5.74, 6) is 0.873. The van der Waals surface area contributed by atoms with Crippen molar-refractivity contribution in [2.75, 3.05) is 7.11 Å². The summed E-state index contributed by atoms with van der Waals surface area (Å²) in [6, 6.07) is 12.6. The van der Waals surface area contributed by atoms with E-state index in [9.17, 15) is 0 Å². The van der Waals surface area contributed by atoms with Gasteiger partial charge in [-0.05, 0) is 41.3 Å². The van der Waals surface area contributed by atoms with Gasteiger partial charge in [-0.15, -0.1) is 0 Å². The predicted molar refractivity (Wildman–Crippen MR) is 111 cm³/mol. The van der Waals surface area contributed by atoms with Crippen molar-refractivity contribution in [1.29, 1.82) is 0 Å². The molecule has 2 aromatic heterocycles. The van der Waals surface area contributed by atoms with Crippen molar-refractivity contribution in [1.82, 2.24) is 0 Å². The molecule has 0 aliphatic rings. The number of hydrogen-bond donors (Lipinski definition) is 0. The second kappa shape index (κ2) is 8.45. The summed E-state index contributed by atoms with van der Waals surface area (Å²) in [6.45, 7) is 2.13. The van der Waals surface area contributed by atoms with Crippen LogP contribution in [0.25, 0.3) is 24.3 Å². The number of pyridine rings is 2. The monoisotopic (exact) mass is 358 g/mol. The van der Waals surface area contributed by atoms with Crippen LogP contribution >= 0.6 is 0 Å². The molecule has 27 heavy (non-hydrogen) atoms. The highest BCUT2D eigenvalue weighted by atomic mass is 16.5. The molecule has 0 aliphatic carbocycles. The van der Waals surface area contributed by atoms with Gasteiger partial charge in [0.05, 0.1) is 7.11 Å². The van der Waals surface area contributed by atoms with E-state index >= 15 is 0 Å².